The summed E-state index contributed by atoms with van der Waals surface area (Å²) < 4.78 is 16.7. The lowest BCUT2D eigenvalue weighted by Gasteiger charge is -2.17. The van der Waals surface area contributed by atoms with Gasteiger partial charge in [0.1, 0.15) is 5.75 Å². The van der Waals surface area contributed by atoms with Crippen LogP contribution in [0.25, 0.3) is 0 Å². The number of aryl methyl sites for hydroxylation is 2. The zero-order valence-electron chi connectivity index (χ0n) is 11.9. The molecule has 0 aromatic heterocycles. The summed E-state index contributed by atoms with van der Waals surface area (Å²) in [7, 11) is 0. The van der Waals surface area contributed by atoms with Gasteiger partial charge in [0.2, 0.25) is 0 Å². The molecule has 0 aliphatic carbocycles. The minimum absolute atomic E-state index is 0.161. The molecule has 0 saturated heterocycles. The first-order valence-corrected chi connectivity index (χ1v) is 6.60. The number of benzene rings is 1. The number of hydrogen-bond donors (Lipinski definition) is 0. The Hall–Kier alpha value is -1.06. The minimum atomic E-state index is -0.161. The molecule has 0 aliphatic rings. The van der Waals surface area contributed by atoms with Crippen LogP contribution in [0, 0.1) is 13.8 Å². The molecule has 0 bridgehead atoms. The highest BCUT2D eigenvalue weighted by atomic mass is 16.7. The van der Waals surface area contributed by atoms with Crippen LogP contribution in [0.4, 0.5) is 0 Å². The van der Waals surface area contributed by atoms with E-state index >= 15 is 0 Å². The smallest absolute Gasteiger partial charge is 0.160 e. The van der Waals surface area contributed by atoms with E-state index in [1.165, 1.54) is 11.1 Å². The summed E-state index contributed by atoms with van der Waals surface area (Å²) in [5.41, 5.74) is 2.44. The maximum Gasteiger partial charge on any atom is 0.160 e. The van der Waals surface area contributed by atoms with E-state index in [0.717, 1.165) is 12.2 Å². The molecular weight excluding hydrogens is 228 g/mol. The molecule has 1 aromatic rings. The van der Waals surface area contributed by atoms with Crippen LogP contribution in [0.2, 0.25) is 0 Å². The molecule has 0 aliphatic heterocycles. The second-order valence-corrected chi connectivity index (χ2v) is 4.30. The SMILES string of the molecule is CCOC(CCOc1cc(C)cc(C)c1)OCC. The van der Waals surface area contributed by atoms with Crippen LogP contribution >= 0.6 is 0 Å². The fourth-order valence-electron chi connectivity index (χ4n) is 1.88. The predicted octanol–water partition coefficient (Wildman–Crippen LogP) is 3.47. The molecule has 0 spiro atoms. The third-order valence-electron chi connectivity index (χ3n) is 2.52. The lowest BCUT2D eigenvalue weighted by Crippen LogP contribution is -2.20. The average Bonchev–Trinajstić information content (AvgIpc) is 2.28. The molecule has 102 valence electrons. The zero-order chi connectivity index (χ0) is 13.4. The Morgan fingerprint density at radius 2 is 1.50 bits per heavy atom. The van der Waals surface area contributed by atoms with Gasteiger partial charge in [-0.25, -0.2) is 0 Å². The van der Waals surface area contributed by atoms with Gasteiger partial charge in [0.15, 0.2) is 6.29 Å². The molecule has 0 unspecified atom stereocenters. The van der Waals surface area contributed by atoms with Gasteiger partial charge >= 0.3 is 0 Å². The fraction of sp³-hybridized carbons (Fsp3) is 0.600. The number of hydrogen-bond acceptors (Lipinski definition) is 3. The third-order valence-corrected chi connectivity index (χ3v) is 2.52. The summed E-state index contributed by atoms with van der Waals surface area (Å²) in [5, 5.41) is 0. The highest BCUT2D eigenvalue weighted by Gasteiger charge is 2.08. The average molecular weight is 252 g/mol. The summed E-state index contributed by atoms with van der Waals surface area (Å²) >= 11 is 0. The Morgan fingerprint density at radius 3 is 2.00 bits per heavy atom. The molecule has 0 N–H and O–H groups in total. The third kappa shape index (κ3) is 5.52. The van der Waals surface area contributed by atoms with Gasteiger partial charge in [-0.05, 0) is 51.0 Å². The van der Waals surface area contributed by atoms with Crippen LogP contribution in [-0.2, 0) is 9.47 Å². The molecule has 3 heteroatoms. The van der Waals surface area contributed by atoms with E-state index in [0.29, 0.717) is 19.8 Å². The summed E-state index contributed by atoms with van der Waals surface area (Å²) in [5.74, 6) is 0.916. The first-order chi connectivity index (χ1) is 8.65. The van der Waals surface area contributed by atoms with Gasteiger partial charge in [0.05, 0.1) is 6.61 Å². The molecule has 0 atom stereocenters. The van der Waals surface area contributed by atoms with Crippen molar-refractivity contribution < 1.29 is 14.2 Å². The zero-order valence-corrected chi connectivity index (χ0v) is 11.9. The van der Waals surface area contributed by atoms with Gasteiger partial charge in [-0.1, -0.05) is 6.07 Å². The largest absolute Gasteiger partial charge is 0.493 e. The van der Waals surface area contributed by atoms with E-state index in [1.54, 1.807) is 0 Å². The van der Waals surface area contributed by atoms with Gasteiger partial charge in [-0.2, -0.15) is 0 Å². The van der Waals surface area contributed by atoms with E-state index in [-0.39, 0.29) is 6.29 Å². The predicted molar refractivity (Wildman–Crippen MR) is 73.1 cm³/mol. The summed E-state index contributed by atoms with van der Waals surface area (Å²) in [6.45, 7) is 10.0. The van der Waals surface area contributed by atoms with E-state index in [2.05, 4.69) is 19.9 Å². The lowest BCUT2D eigenvalue weighted by atomic mass is 10.1. The monoisotopic (exact) mass is 252 g/mol. The molecule has 0 saturated carbocycles. The van der Waals surface area contributed by atoms with Gasteiger partial charge in [-0.3, -0.25) is 0 Å². The van der Waals surface area contributed by atoms with Crippen molar-refractivity contribution in [3.63, 3.8) is 0 Å². The highest BCUT2D eigenvalue weighted by molar-refractivity contribution is 5.32. The molecule has 0 amide bonds. The van der Waals surface area contributed by atoms with Gasteiger partial charge in [0.25, 0.3) is 0 Å². The van der Waals surface area contributed by atoms with Crippen molar-refractivity contribution in [3.05, 3.63) is 29.3 Å². The van der Waals surface area contributed by atoms with Gasteiger partial charge in [-0.15, -0.1) is 0 Å². The van der Waals surface area contributed by atoms with Crippen molar-refractivity contribution >= 4 is 0 Å². The molecule has 0 heterocycles. The second kappa shape index (κ2) is 8.11. The Labute approximate surface area is 110 Å². The van der Waals surface area contributed by atoms with E-state index in [9.17, 15) is 0 Å². The van der Waals surface area contributed by atoms with Crippen molar-refractivity contribution in [2.24, 2.45) is 0 Å². The summed E-state index contributed by atoms with van der Waals surface area (Å²) in [4.78, 5) is 0. The quantitative estimate of drug-likeness (QED) is 0.663. The van der Waals surface area contributed by atoms with Crippen LogP contribution in [0.15, 0.2) is 18.2 Å². The molecule has 1 aromatic carbocycles. The van der Waals surface area contributed by atoms with Crippen molar-refractivity contribution in [1.82, 2.24) is 0 Å². The van der Waals surface area contributed by atoms with Crippen LogP contribution in [0.5, 0.6) is 5.75 Å². The van der Waals surface area contributed by atoms with Crippen LogP contribution in [-0.4, -0.2) is 26.1 Å². The van der Waals surface area contributed by atoms with Gasteiger partial charge < -0.3 is 14.2 Å². The topological polar surface area (TPSA) is 27.7 Å². The second-order valence-electron chi connectivity index (χ2n) is 4.30. The van der Waals surface area contributed by atoms with Crippen molar-refractivity contribution in [1.29, 1.82) is 0 Å². The van der Waals surface area contributed by atoms with Crippen molar-refractivity contribution in [2.45, 2.75) is 40.4 Å². The minimum Gasteiger partial charge on any atom is -0.493 e. The summed E-state index contributed by atoms with van der Waals surface area (Å²) in [6.07, 6.45) is 0.584. The molecule has 3 nitrogen and oxygen atoms in total. The maximum absolute atomic E-state index is 5.73. The molecule has 18 heavy (non-hydrogen) atoms. The van der Waals surface area contributed by atoms with Crippen molar-refractivity contribution in [2.75, 3.05) is 19.8 Å². The van der Waals surface area contributed by atoms with E-state index in [1.807, 2.05) is 26.0 Å². The Morgan fingerprint density at radius 1 is 0.944 bits per heavy atom. The van der Waals surface area contributed by atoms with E-state index in [4.69, 9.17) is 14.2 Å². The van der Waals surface area contributed by atoms with Crippen LogP contribution in [0.3, 0.4) is 0 Å². The lowest BCUT2D eigenvalue weighted by molar-refractivity contribution is -0.142. The molecule has 1 rings (SSSR count). The number of rotatable bonds is 8. The standard InChI is InChI=1S/C15H24O3/c1-5-16-15(17-6-2)7-8-18-14-10-12(3)9-13(4)11-14/h9-11,15H,5-8H2,1-4H3. The highest BCUT2D eigenvalue weighted by Crippen LogP contribution is 2.16. The normalized spacial score (nSPS) is 10.9. The van der Waals surface area contributed by atoms with Crippen LogP contribution < -0.4 is 4.74 Å². The van der Waals surface area contributed by atoms with Crippen LogP contribution in [0.1, 0.15) is 31.4 Å². The Kier molecular flexibility index (Phi) is 6.76. The molecule has 0 fully saturated rings. The fourth-order valence-corrected chi connectivity index (χ4v) is 1.88. The Bertz CT molecular complexity index is 323. The van der Waals surface area contributed by atoms with Gasteiger partial charge in [0, 0.05) is 19.6 Å². The molecular formula is C15H24O3. The number of ether oxygens (including phenoxy) is 3. The molecule has 0 radical (unpaired) electrons. The Balaban J connectivity index is 2.39. The maximum atomic E-state index is 5.73. The first kappa shape index (κ1) is 15.0. The van der Waals surface area contributed by atoms with Crippen molar-refractivity contribution in [3.8, 4) is 5.75 Å². The summed E-state index contributed by atoms with van der Waals surface area (Å²) in [6, 6.07) is 6.22. The van der Waals surface area contributed by atoms with E-state index < -0.39 is 0 Å². The first-order valence-electron chi connectivity index (χ1n) is 6.60.